The first-order valence-electron chi connectivity index (χ1n) is 4.53. The van der Waals surface area contributed by atoms with Gasteiger partial charge in [-0.15, -0.1) is 0 Å². The van der Waals surface area contributed by atoms with Crippen molar-refractivity contribution in [3.05, 3.63) is 0 Å². The van der Waals surface area contributed by atoms with Gasteiger partial charge in [-0.1, -0.05) is 6.92 Å². The Balaban J connectivity index is 2.01. The zero-order valence-electron chi connectivity index (χ0n) is 6.72. The van der Waals surface area contributed by atoms with E-state index in [1.54, 1.807) is 0 Å². The van der Waals surface area contributed by atoms with E-state index in [1.807, 2.05) is 0 Å². The van der Waals surface area contributed by atoms with Crippen molar-refractivity contribution in [3.63, 3.8) is 0 Å². The van der Waals surface area contributed by atoms with E-state index in [1.165, 1.54) is 25.7 Å². The predicted octanol–water partition coefficient (Wildman–Crippen LogP) is 1.77. The minimum Gasteiger partial charge on any atom is -0.328 e. The summed E-state index contributed by atoms with van der Waals surface area (Å²) in [6.45, 7) is 2.40. The summed E-state index contributed by atoms with van der Waals surface area (Å²) in [5, 5.41) is 0. The van der Waals surface area contributed by atoms with Crippen molar-refractivity contribution in [2.24, 2.45) is 23.5 Å². The van der Waals surface area contributed by atoms with Gasteiger partial charge < -0.3 is 5.73 Å². The van der Waals surface area contributed by atoms with Gasteiger partial charge in [-0.25, -0.2) is 0 Å². The quantitative estimate of drug-likeness (QED) is 0.544. The molecule has 0 aliphatic heterocycles. The Morgan fingerprint density at radius 3 is 2.60 bits per heavy atom. The van der Waals surface area contributed by atoms with Gasteiger partial charge >= 0.3 is 0 Å². The Hall–Kier alpha value is -0.0400. The lowest BCUT2D eigenvalue weighted by molar-refractivity contribution is 0.0926. The molecule has 1 heteroatoms. The molecule has 0 aromatic heterocycles. The number of rotatable bonds is 0. The lowest BCUT2D eigenvalue weighted by Crippen LogP contribution is -2.33. The maximum absolute atomic E-state index is 5.91. The fraction of sp³-hybridized carbons (Fsp3) is 1.00. The predicted molar refractivity (Wildman–Crippen MR) is 42.6 cm³/mol. The highest BCUT2D eigenvalue weighted by molar-refractivity contribution is 4.92. The third-order valence-corrected chi connectivity index (χ3v) is 3.61. The van der Waals surface area contributed by atoms with E-state index < -0.39 is 0 Å². The average molecular weight is 139 g/mol. The molecule has 10 heavy (non-hydrogen) atoms. The second kappa shape index (κ2) is 2.23. The molecule has 3 aliphatic rings. The molecule has 58 valence electrons. The van der Waals surface area contributed by atoms with E-state index in [0.29, 0.717) is 6.04 Å². The standard InChI is InChI=1S/C9H17N/c1-6-7-2-3-9(10)5-8(6)4-7/h6-9H,2-5,10H2,1H3. The first-order chi connectivity index (χ1) is 4.77. The molecule has 2 N–H and O–H groups in total. The molecule has 3 fully saturated rings. The highest BCUT2D eigenvalue weighted by Crippen LogP contribution is 2.47. The van der Waals surface area contributed by atoms with Gasteiger partial charge in [-0.2, -0.15) is 0 Å². The Morgan fingerprint density at radius 2 is 1.90 bits per heavy atom. The summed E-state index contributed by atoms with van der Waals surface area (Å²) < 4.78 is 0. The molecule has 3 aliphatic carbocycles. The summed E-state index contributed by atoms with van der Waals surface area (Å²) in [6.07, 6.45) is 5.47. The first-order valence-corrected chi connectivity index (χ1v) is 4.53. The number of hydrogen-bond acceptors (Lipinski definition) is 1. The summed E-state index contributed by atoms with van der Waals surface area (Å²) in [6, 6.07) is 0.528. The van der Waals surface area contributed by atoms with Crippen LogP contribution in [0.1, 0.15) is 32.6 Å². The van der Waals surface area contributed by atoms with Gasteiger partial charge in [0.15, 0.2) is 0 Å². The SMILES string of the molecule is CC1C2CCC(N)CC1C2. The van der Waals surface area contributed by atoms with Crippen molar-refractivity contribution in [2.45, 2.75) is 38.6 Å². The lowest BCUT2D eigenvalue weighted by Gasteiger charge is -2.40. The zero-order chi connectivity index (χ0) is 7.14. The molecular formula is C9H17N. The zero-order valence-corrected chi connectivity index (χ0v) is 6.72. The highest BCUT2D eigenvalue weighted by atomic mass is 14.7. The van der Waals surface area contributed by atoms with Crippen LogP contribution in [0.15, 0.2) is 0 Å². The van der Waals surface area contributed by atoms with E-state index in [9.17, 15) is 0 Å². The Bertz CT molecular complexity index is 133. The van der Waals surface area contributed by atoms with Crippen LogP contribution in [0.25, 0.3) is 0 Å². The van der Waals surface area contributed by atoms with E-state index in [0.717, 1.165) is 17.8 Å². The maximum atomic E-state index is 5.91. The van der Waals surface area contributed by atoms with Crippen LogP contribution in [0.4, 0.5) is 0 Å². The fourth-order valence-electron chi connectivity index (χ4n) is 2.63. The van der Waals surface area contributed by atoms with Gasteiger partial charge in [0, 0.05) is 6.04 Å². The molecule has 2 bridgehead atoms. The van der Waals surface area contributed by atoms with E-state index in [2.05, 4.69) is 6.92 Å². The molecule has 0 aromatic rings. The second-order valence-corrected chi connectivity index (χ2v) is 4.19. The highest BCUT2D eigenvalue weighted by Gasteiger charge is 2.40. The van der Waals surface area contributed by atoms with Crippen molar-refractivity contribution in [1.82, 2.24) is 0 Å². The molecule has 0 spiro atoms. The van der Waals surface area contributed by atoms with Crippen LogP contribution in [0.2, 0.25) is 0 Å². The van der Waals surface area contributed by atoms with Gasteiger partial charge in [-0.05, 0) is 43.4 Å². The Morgan fingerprint density at radius 1 is 1.10 bits per heavy atom. The van der Waals surface area contributed by atoms with Gasteiger partial charge in [-0.3, -0.25) is 0 Å². The molecule has 4 unspecified atom stereocenters. The molecule has 0 amide bonds. The smallest absolute Gasteiger partial charge is 0.00416 e. The van der Waals surface area contributed by atoms with Gasteiger partial charge in [0.2, 0.25) is 0 Å². The van der Waals surface area contributed by atoms with Crippen molar-refractivity contribution in [1.29, 1.82) is 0 Å². The largest absolute Gasteiger partial charge is 0.328 e. The van der Waals surface area contributed by atoms with E-state index in [-0.39, 0.29) is 0 Å². The maximum Gasteiger partial charge on any atom is 0.00416 e. The molecule has 0 radical (unpaired) electrons. The minimum absolute atomic E-state index is 0.528. The van der Waals surface area contributed by atoms with Crippen LogP contribution >= 0.6 is 0 Å². The molecular weight excluding hydrogens is 122 g/mol. The summed E-state index contributed by atoms with van der Waals surface area (Å²) in [5.74, 6) is 3.02. The molecule has 0 heterocycles. The number of fused-ring (bicyclic) bond motifs is 3. The molecule has 0 aromatic carbocycles. The van der Waals surface area contributed by atoms with Crippen molar-refractivity contribution < 1.29 is 0 Å². The lowest BCUT2D eigenvalue weighted by atomic mass is 9.65. The Labute approximate surface area is 63.0 Å². The first kappa shape index (κ1) is 6.66. The van der Waals surface area contributed by atoms with Crippen molar-refractivity contribution >= 4 is 0 Å². The molecule has 0 saturated heterocycles. The molecule has 1 nitrogen and oxygen atoms in total. The summed E-state index contributed by atoms with van der Waals surface area (Å²) in [7, 11) is 0. The Kier molecular flexibility index (Phi) is 1.48. The minimum atomic E-state index is 0.528. The summed E-state index contributed by atoms with van der Waals surface area (Å²) >= 11 is 0. The topological polar surface area (TPSA) is 26.0 Å². The van der Waals surface area contributed by atoms with Crippen LogP contribution < -0.4 is 5.73 Å². The summed E-state index contributed by atoms with van der Waals surface area (Å²) in [4.78, 5) is 0. The molecule has 3 rings (SSSR count). The van der Waals surface area contributed by atoms with Gasteiger partial charge in [0.1, 0.15) is 0 Å². The van der Waals surface area contributed by atoms with Gasteiger partial charge in [0.05, 0.1) is 0 Å². The van der Waals surface area contributed by atoms with E-state index >= 15 is 0 Å². The van der Waals surface area contributed by atoms with Crippen LogP contribution in [-0.4, -0.2) is 6.04 Å². The molecule has 3 saturated carbocycles. The summed E-state index contributed by atoms with van der Waals surface area (Å²) in [5.41, 5.74) is 5.91. The number of nitrogens with two attached hydrogens (primary N) is 1. The van der Waals surface area contributed by atoms with E-state index in [4.69, 9.17) is 5.73 Å². The van der Waals surface area contributed by atoms with Crippen molar-refractivity contribution in [3.8, 4) is 0 Å². The van der Waals surface area contributed by atoms with Crippen LogP contribution in [0.5, 0.6) is 0 Å². The van der Waals surface area contributed by atoms with Gasteiger partial charge in [0.25, 0.3) is 0 Å². The third kappa shape index (κ3) is 0.878. The van der Waals surface area contributed by atoms with Crippen LogP contribution in [0.3, 0.4) is 0 Å². The third-order valence-electron chi connectivity index (χ3n) is 3.61. The van der Waals surface area contributed by atoms with Crippen LogP contribution in [-0.2, 0) is 0 Å². The molecule has 4 atom stereocenters. The second-order valence-electron chi connectivity index (χ2n) is 4.19. The number of hydrogen-bond donors (Lipinski definition) is 1. The average Bonchev–Trinajstić information content (AvgIpc) is 2.17. The van der Waals surface area contributed by atoms with Crippen molar-refractivity contribution in [2.75, 3.05) is 0 Å². The normalized spacial score (nSPS) is 53.4. The monoisotopic (exact) mass is 139 g/mol. The van der Waals surface area contributed by atoms with Crippen LogP contribution in [0, 0.1) is 17.8 Å². The fourth-order valence-corrected chi connectivity index (χ4v) is 2.63.